The van der Waals surface area contributed by atoms with E-state index in [4.69, 9.17) is 0 Å². The van der Waals surface area contributed by atoms with Crippen molar-refractivity contribution in [1.82, 2.24) is 0 Å². The molecular formula is C11H16. The Morgan fingerprint density at radius 1 is 1.18 bits per heavy atom. The summed E-state index contributed by atoms with van der Waals surface area (Å²) >= 11 is 0. The van der Waals surface area contributed by atoms with Gasteiger partial charge in [0.1, 0.15) is 0 Å². The molecule has 0 aromatic carbocycles. The van der Waals surface area contributed by atoms with Gasteiger partial charge in [-0.1, -0.05) is 42.5 Å². The highest BCUT2D eigenvalue weighted by molar-refractivity contribution is 5.38. The number of rotatable bonds is 3. The van der Waals surface area contributed by atoms with Crippen molar-refractivity contribution >= 4 is 0 Å². The van der Waals surface area contributed by atoms with Gasteiger partial charge in [-0.05, 0) is 26.3 Å². The van der Waals surface area contributed by atoms with E-state index in [1.807, 2.05) is 39.0 Å². The predicted octanol–water partition coefficient (Wildman–Crippen LogP) is 3.64. The molecule has 0 nitrogen and oxygen atoms in total. The molecule has 0 heterocycles. The Kier molecular flexibility index (Phi) is 5.18. The Morgan fingerprint density at radius 2 is 1.82 bits per heavy atom. The molecule has 0 aliphatic rings. The van der Waals surface area contributed by atoms with Crippen molar-refractivity contribution in [2.75, 3.05) is 0 Å². The SMILES string of the molecule is C=C(C)C(C=CC)=CC=CC. The van der Waals surface area contributed by atoms with E-state index in [-0.39, 0.29) is 0 Å². The van der Waals surface area contributed by atoms with Crippen LogP contribution in [0.2, 0.25) is 0 Å². The van der Waals surface area contributed by atoms with Gasteiger partial charge < -0.3 is 0 Å². The minimum absolute atomic E-state index is 1.10. The lowest BCUT2D eigenvalue weighted by Crippen LogP contribution is -1.76. The third kappa shape index (κ3) is 4.38. The van der Waals surface area contributed by atoms with Crippen molar-refractivity contribution in [3.63, 3.8) is 0 Å². The highest BCUT2D eigenvalue weighted by Crippen LogP contribution is 2.08. The molecular weight excluding hydrogens is 132 g/mol. The largest absolute Gasteiger partial charge is 0.0955 e. The van der Waals surface area contributed by atoms with Crippen LogP contribution in [0.5, 0.6) is 0 Å². The van der Waals surface area contributed by atoms with Gasteiger partial charge in [0.15, 0.2) is 0 Å². The van der Waals surface area contributed by atoms with Crippen molar-refractivity contribution in [3.8, 4) is 0 Å². The van der Waals surface area contributed by atoms with E-state index in [9.17, 15) is 0 Å². The molecule has 0 rings (SSSR count). The first kappa shape index (κ1) is 9.96. The Balaban J connectivity index is 4.45. The summed E-state index contributed by atoms with van der Waals surface area (Å²) in [7, 11) is 0. The van der Waals surface area contributed by atoms with Crippen molar-refractivity contribution in [2.45, 2.75) is 20.8 Å². The lowest BCUT2D eigenvalue weighted by Gasteiger charge is -1.96. The topological polar surface area (TPSA) is 0 Å². The zero-order valence-electron chi connectivity index (χ0n) is 7.59. The first-order chi connectivity index (χ1) is 5.22. The quantitative estimate of drug-likeness (QED) is 0.536. The molecule has 0 radical (unpaired) electrons. The van der Waals surface area contributed by atoms with Crippen LogP contribution in [0.1, 0.15) is 20.8 Å². The zero-order chi connectivity index (χ0) is 8.69. The smallest absolute Gasteiger partial charge is 0.0237 e. The van der Waals surface area contributed by atoms with Crippen LogP contribution in [-0.4, -0.2) is 0 Å². The third-order valence-electron chi connectivity index (χ3n) is 1.31. The Bertz CT molecular complexity index is 202. The summed E-state index contributed by atoms with van der Waals surface area (Å²) in [5.41, 5.74) is 2.28. The summed E-state index contributed by atoms with van der Waals surface area (Å²) in [6, 6.07) is 0. The molecule has 60 valence electrons. The summed E-state index contributed by atoms with van der Waals surface area (Å²) in [6.45, 7) is 9.89. The third-order valence-corrected chi connectivity index (χ3v) is 1.31. The molecule has 0 fully saturated rings. The second kappa shape index (κ2) is 5.72. The molecule has 0 aromatic rings. The molecule has 0 heteroatoms. The van der Waals surface area contributed by atoms with Crippen molar-refractivity contribution in [1.29, 1.82) is 0 Å². The molecule has 11 heavy (non-hydrogen) atoms. The van der Waals surface area contributed by atoms with Crippen LogP contribution in [0, 0.1) is 0 Å². The van der Waals surface area contributed by atoms with E-state index in [2.05, 4.69) is 18.7 Å². The van der Waals surface area contributed by atoms with Crippen LogP contribution in [-0.2, 0) is 0 Å². The van der Waals surface area contributed by atoms with Gasteiger partial charge in [0.2, 0.25) is 0 Å². The molecule has 0 spiro atoms. The summed E-state index contributed by atoms with van der Waals surface area (Å²) in [6.07, 6.45) is 10.2. The van der Waals surface area contributed by atoms with E-state index in [0.717, 1.165) is 5.57 Å². The summed E-state index contributed by atoms with van der Waals surface area (Å²) in [5.74, 6) is 0. The normalized spacial score (nSPS) is 13.2. The average Bonchev–Trinajstić information content (AvgIpc) is 1.97. The van der Waals surface area contributed by atoms with E-state index >= 15 is 0 Å². The summed E-state index contributed by atoms with van der Waals surface area (Å²) in [5, 5.41) is 0. The molecule has 0 saturated carbocycles. The Hall–Kier alpha value is -1.04. The van der Waals surface area contributed by atoms with Crippen molar-refractivity contribution in [2.24, 2.45) is 0 Å². The van der Waals surface area contributed by atoms with Crippen molar-refractivity contribution in [3.05, 3.63) is 48.1 Å². The number of hydrogen-bond acceptors (Lipinski definition) is 0. The molecule has 0 N–H and O–H groups in total. The fraction of sp³-hybridized carbons (Fsp3) is 0.273. The van der Waals surface area contributed by atoms with Gasteiger partial charge in [-0.25, -0.2) is 0 Å². The second-order valence-corrected chi connectivity index (χ2v) is 2.43. The Labute approximate surface area is 69.6 Å². The maximum absolute atomic E-state index is 3.87. The zero-order valence-corrected chi connectivity index (χ0v) is 7.59. The lowest BCUT2D eigenvalue weighted by molar-refractivity contribution is 1.44. The van der Waals surface area contributed by atoms with Gasteiger partial charge >= 0.3 is 0 Å². The average molecular weight is 148 g/mol. The molecule has 0 aromatic heterocycles. The number of hydrogen-bond donors (Lipinski definition) is 0. The van der Waals surface area contributed by atoms with Crippen LogP contribution in [0.25, 0.3) is 0 Å². The summed E-state index contributed by atoms with van der Waals surface area (Å²) in [4.78, 5) is 0. The van der Waals surface area contributed by atoms with E-state index < -0.39 is 0 Å². The van der Waals surface area contributed by atoms with Gasteiger partial charge in [0.05, 0.1) is 0 Å². The fourth-order valence-corrected chi connectivity index (χ4v) is 0.720. The molecule has 0 aliphatic heterocycles. The highest BCUT2D eigenvalue weighted by Gasteiger charge is 1.87. The molecule has 0 saturated heterocycles. The molecule has 0 bridgehead atoms. The lowest BCUT2D eigenvalue weighted by atomic mass is 10.1. The van der Waals surface area contributed by atoms with Gasteiger partial charge in [-0.15, -0.1) is 0 Å². The maximum atomic E-state index is 3.87. The maximum Gasteiger partial charge on any atom is -0.0237 e. The highest BCUT2D eigenvalue weighted by atomic mass is 13.9. The Morgan fingerprint density at radius 3 is 2.18 bits per heavy atom. The molecule has 0 atom stereocenters. The fourth-order valence-electron chi connectivity index (χ4n) is 0.720. The second-order valence-electron chi connectivity index (χ2n) is 2.43. The van der Waals surface area contributed by atoms with Gasteiger partial charge in [0.25, 0.3) is 0 Å². The van der Waals surface area contributed by atoms with Gasteiger partial charge in [-0.2, -0.15) is 0 Å². The van der Waals surface area contributed by atoms with Crippen LogP contribution in [0.4, 0.5) is 0 Å². The van der Waals surface area contributed by atoms with Gasteiger partial charge in [-0.3, -0.25) is 0 Å². The summed E-state index contributed by atoms with van der Waals surface area (Å²) < 4.78 is 0. The predicted molar refractivity (Wildman–Crippen MR) is 52.5 cm³/mol. The van der Waals surface area contributed by atoms with Crippen LogP contribution in [0.15, 0.2) is 48.1 Å². The van der Waals surface area contributed by atoms with E-state index in [1.165, 1.54) is 5.57 Å². The molecule has 0 unspecified atom stereocenters. The first-order valence-electron chi connectivity index (χ1n) is 3.84. The van der Waals surface area contributed by atoms with Crippen molar-refractivity contribution < 1.29 is 0 Å². The van der Waals surface area contributed by atoms with E-state index in [0.29, 0.717) is 0 Å². The molecule has 0 aliphatic carbocycles. The minimum Gasteiger partial charge on any atom is -0.0955 e. The van der Waals surface area contributed by atoms with Crippen LogP contribution in [0.3, 0.4) is 0 Å². The number of allylic oxidation sites excluding steroid dienone is 7. The molecule has 0 amide bonds. The monoisotopic (exact) mass is 148 g/mol. The van der Waals surface area contributed by atoms with Crippen LogP contribution >= 0.6 is 0 Å². The van der Waals surface area contributed by atoms with Gasteiger partial charge in [0, 0.05) is 0 Å². The van der Waals surface area contributed by atoms with E-state index in [1.54, 1.807) is 0 Å². The minimum atomic E-state index is 1.10. The first-order valence-corrected chi connectivity index (χ1v) is 3.84. The van der Waals surface area contributed by atoms with Crippen LogP contribution < -0.4 is 0 Å². The standard InChI is InChI=1S/C11H16/c1-5-7-9-11(8-6-2)10(3)4/h5-9H,3H2,1-2,4H3.